The highest BCUT2D eigenvalue weighted by molar-refractivity contribution is 5.74. The van der Waals surface area contributed by atoms with Gasteiger partial charge in [0.2, 0.25) is 0 Å². The molecule has 150 valence electrons. The molecular formula is C19H32N6O2. The predicted molar refractivity (Wildman–Crippen MR) is 103 cm³/mol. The summed E-state index contributed by atoms with van der Waals surface area (Å²) in [4.78, 5) is 29.0. The highest BCUT2D eigenvalue weighted by atomic mass is 16.2. The molecule has 0 bridgehead atoms. The fourth-order valence-electron chi connectivity index (χ4n) is 4.55. The van der Waals surface area contributed by atoms with Crippen LogP contribution in [0.15, 0.2) is 4.79 Å². The first-order valence-electron chi connectivity index (χ1n) is 10.6. The molecule has 1 N–H and O–H groups in total. The number of fused-ring (bicyclic) bond motifs is 1. The van der Waals surface area contributed by atoms with Crippen LogP contribution < -0.4 is 11.0 Å². The molecule has 8 heteroatoms. The Bertz CT molecular complexity index is 698. The van der Waals surface area contributed by atoms with Crippen LogP contribution in [-0.2, 0) is 19.5 Å². The van der Waals surface area contributed by atoms with Crippen molar-refractivity contribution < 1.29 is 4.79 Å². The fourth-order valence-corrected chi connectivity index (χ4v) is 4.55. The summed E-state index contributed by atoms with van der Waals surface area (Å²) in [5, 5.41) is 7.68. The maximum absolute atomic E-state index is 12.4. The number of piperazine rings is 1. The highest BCUT2D eigenvalue weighted by Gasteiger charge is 2.24. The molecular weight excluding hydrogens is 344 g/mol. The minimum atomic E-state index is 0.0538. The Morgan fingerprint density at radius 2 is 1.78 bits per heavy atom. The number of carbonyl (C=O) groups excluding carboxylic acids is 1. The van der Waals surface area contributed by atoms with Gasteiger partial charge in [-0.25, -0.2) is 14.3 Å². The first-order chi connectivity index (χ1) is 13.2. The van der Waals surface area contributed by atoms with E-state index in [4.69, 9.17) is 0 Å². The quantitative estimate of drug-likeness (QED) is 0.833. The van der Waals surface area contributed by atoms with Gasteiger partial charge in [0.05, 0.1) is 0 Å². The first kappa shape index (κ1) is 18.5. The van der Waals surface area contributed by atoms with E-state index in [0.29, 0.717) is 12.6 Å². The second kappa shape index (κ2) is 8.46. The Morgan fingerprint density at radius 1 is 1.00 bits per heavy atom. The van der Waals surface area contributed by atoms with Gasteiger partial charge in [-0.05, 0) is 32.1 Å². The molecule has 0 aromatic carbocycles. The van der Waals surface area contributed by atoms with Gasteiger partial charge in [0.15, 0.2) is 0 Å². The SMILES string of the molecule is O=C(NC1CCCC1)N1CCN(CCCn2nc3n(c2=O)CCCC3)CC1. The van der Waals surface area contributed by atoms with Crippen molar-refractivity contribution in [2.45, 2.75) is 70.5 Å². The van der Waals surface area contributed by atoms with E-state index in [0.717, 1.165) is 83.6 Å². The van der Waals surface area contributed by atoms with Crippen molar-refractivity contribution in [2.24, 2.45) is 0 Å². The molecule has 1 aliphatic carbocycles. The molecule has 3 aliphatic rings. The second-order valence-electron chi connectivity index (χ2n) is 8.14. The number of aromatic nitrogens is 3. The van der Waals surface area contributed by atoms with Crippen molar-refractivity contribution in [3.05, 3.63) is 16.3 Å². The van der Waals surface area contributed by atoms with Gasteiger partial charge in [-0.3, -0.25) is 9.47 Å². The predicted octanol–water partition coefficient (Wildman–Crippen LogP) is 1.04. The molecule has 4 rings (SSSR count). The standard InChI is InChI=1S/C19H32N6O2/c26-18(20-16-6-1-2-7-16)23-14-12-22(13-15-23)9-5-11-25-19(27)24-10-4-3-8-17(24)21-25/h16H,1-15H2,(H,20,26). The summed E-state index contributed by atoms with van der Waals surface area (Å²) in [5.74, 6) is 0.952. The van der Waals surface area contributed by atoms with E-state index in [1.807, 2.05) is 9.47 Å². The molecule has 2 amide bonds. The van der Waals surface area contributed by atoms with E-state index >= 15 is 0 Å². The minimum Gasteiger partial charge on any atom is -0.335 e. The molecule has 3 heterocycles. The number of rotatable bonds is 5. The van der Waals surface area contributed by atoms with Crippen LogP contribution in [0.1, 0.15) is 50.8 Å². The van der Waals surface area contributed by atoms with E-state index in [-0.39, 0.29) is 11.7 Å². The number of carbonyl (C=O) groups is 1. The maximum atomic E-state index is 12.4. The van der Waals surface area contributed by atoms with Gasteiger partial charge in [0.1, 0.15) is 5.82 Å². The zero-order chi connectivity index (χ0) is 18.6. The van der Waals surface area contributed by atoms with Gasteiger partial charge < -0.3 is 10.2 Å². The van der Waals surface area contributed by atoms with Crippen molar-refractivity contribution in [1.29, 1.82) is 0 Å². The Labute approximate surface area is 160 Å². The van der Waals surface area contributed by atoms with Crippen molar-refractivity contribution in [2.75, 3.05) is 32.7 Å². The summed E-state index contributed by atoms with van der Waals surface area (Å²) in [6, 6.07) is 0.492. The van der Waals surface area contributed by atoms with Gasteiger partial charge in [0, 0.05) is 58.3 Å². The molecule has 0 unspecified atom stereocenters. The largest absolute Gasteiger partial charge is 0.345 e. The number of urea groups is 1. The summed E-state index contributed by atoms with van der Waals surface area (Å²) in [6.45, 7) is 5.85. The lowest BCUT2D eigenvalue weighted by Crippen LogP contribution is -2.53. The topological polar surface area (TPSA) is 75.4 Å². The van der Waals surface area contributed by atoms with Crippen molar-refractivity contribution in [1.82, 2.24) is 29.5 Å². The van der Waals surface area contributed by atoms with Crippen LogP contribution in [0, 0.1) is 0 Å². The van der Waals surface area contributed by atoms with Crippen molar-refractivity contribution >= 4 is 6.03 Å². The molecule has 2 fully saturated rings. The lowest BCUT2D eigenvalue weighted by atomic mass is 10.2. The molecule has 1 aromatic heterocycles. The normalized spacial score (nSPS) is 21.4. The van der Waals surface area contributed by atoms with E-state index in [1.54, 1.807) is 4.68 Å². The first-order valence-corrected chi connectivity index (χ1v) is 10.6. The number of nitrogens with zero attached hydrogens (tertiary/aromatic N) is 5. The smallest absolute Gasteiger partial charge is 0.335 e. The van der Waals surface area contributed by atoms with Crippen molar-refractivity contribution in [3.63, 3.8) is 0 Å². The Hall–Kier alpha value is -1.83. The lowest BCUT2D eigenvalue weighted by molar-refractivity contribution is 0.135. The van der Waals surface area contributed by atoms with Crippen molar-refractivity contribution in [3.8, 4) is 0 Å². The molecule has 1 saturated heterocycles. The Balaban J connectivity index is 1.18. The summed E-state index contributed by atoms with van der Waals surface area (Å²) in [7, 11) is 0. The molecule has 8 nitrogen and oxygen atoms in total. The van der Waals surface area contributed by atoms with Crippen LogP contribution in [0.25, 0.3) is 0 Å². The molecule has 1 saturated carbocycles. The summed E-state index contributed by atoms with van der Waals surface area (Å²) in [6.07, 6.45) is 8.79. The number of aryl methyl sites for hydroxylation is 2. The lowest BCUT2D eigenvalue weighted by Gasteiger charge is -2.35. The zero-order valence-corrected chi connectivity index (χ0v) is 16.2. The van der Waals surface area contributed by atoms with Crippen LogP contribution in [0.3, 0.4) is 0 Å². The summed E-state index contributed by atoms with van der Waals surface area (Å²) in [5.41, 5.74) is 0.0538. The van der Waals surface area contributed by atoms with Gasteiger partial charge in [-0.1, -0.05) is 12.8 Å². The third kappa shape index (κ3) is 4.36. The third-order valence-electron chi connectivity index (χ3n) is 6.22. The van der Waals surface area contributed by atoms with E-state index in [9.17, 15) is 9.59 Å². The average molecular weight is 377 g/mol. The Kier molecular flexibility index (Phi) is 5.80. The minimum absolute atomic E-state index is 0.0538. The summed E-state index contributed by atoms with van der Waals surface area (Å²) >= 11 is 0. The van der Waals surface area contributed by atoms with E-state index in [1.165, 1.54) is 12.8 Å². The molecule has 2 aliphatic heterocycles. The zero-order valence-electron chi connectivity index (χ0n) is 16.2. The van der Waals surface area contributed by atoms with Crippen LogP contribution in [0.5, 0.6) is 0 Å². The van der Waals surface area contributed by atoms with Gasteiger partial charge >= 0.3 is 11.7 Å². The third-order valence-corrected chi connectivity index (χ3v) is 6.22. The average Bonchev–Trinajstić information content (AvgIpc) is 3.31. The van der Waals surface area contributed by atoms with Crippen LogP contribution in [0.2, 0.25) is 0 Å². The molecule has 0 spiro atoms. The maximum Gasteiger partial charge on any atom is 0.345 e. The van der Waals surface area contributed by atoms with Crippen LogP contribution in [-0.4, -0.2) is 68.9 Å². The molecule has 0 atom stereocenters. The van der Waals surface area contributed by atoms with E-state index in [2.05, 4.69) is 15.3 Å². The highest BCUT2D eigenvalue weighted by Crippen LogP contribution is 2.18. The molecule has 27 heavy (non-hydrogen) atoms. The summed E-state index contributed by atoms with van der Waals surface area (Å²) < 4.78 is 3.48. The second-order valence-corrected chi connectivity index (χ2v) is 8.14. The van der Waals surface area contributed by atoms with Crippen LogP contribution in [0.4, 0.5) is 4.79 Å². The van der Waals surface area contributed by atoms with Crippen LogP contribution >= 0.6 is 0 Å². The monoisotopic (exact) mass is 376 g/mol. The van der Waals surface area contributed by atoms with E-state index < -0.39 is 0 Å². The Morgan fingerprint density at radius 3 is 2.52 bits per heavy atom. The van der Waals surface area contributed by atoms with Gasteiger partial charge in [-0.15, -0.1) is 0 Å². The van der Waals surface area contributed by atoms with Gasteiger partial charge in [0.25, 0.3) is 0 Å². The number of hydrogen-bond acceptors (Lipinski definition) is 4. The molecule has 1 aromatic rings. The molecule has 0 radical (unpaired) electrons. The fraction of sp³-hybridized carbons (Fsp3) is 0.842. The number of nitrogens with one attached hydrogen (secondary N) is 1. The number of hydrogen-bond donors (Lipinski definition) is 1. The number of amides is 2. The van der Waals surface area contributed by atoms with Gasteiger partial charge in [-0.2, -0.15) is 5.10 Å².